The van der Waals surface area contributed by atoms with E-state index in [2.05, 4.69) is 11.3 Å². The van der Waals surface area contributed by atoms with Crippen molar-refractivity contribution in [1.82, 2.24) is 5.43 Å². The van der Waals surface area contributed by atoms with Gasteiger partial charge in [0.05, 0.1) is 6.61 Å². The van der Waals surface area contributed by atoms with Gasteiger partial charge in [-0.3, -0.25) is 11.3 Å². The molecule has 0 radical (unpaired) electrons. The van der Waals surface area contributed by atoms with Crippen molar-refractivity contribution in [2.24, 2.45) is 5.84 Å². The molecule has 1 aromatic rings. The van der Waals surface area contributed by atoms with Gasteiger partial charge in [-0.1, -0.05) is 18.2 Å². The summed E-state index contributed by atoms with van der Waals surface area (Å²) in [6, 6.07) is 10.1. The molecule has 0 aliphatic heterocycles. The molecule has 0 fully saturated rings. The quantitative estimate of drug-likeness (QED) is 0.312. The Bertz CT molecular complexity index is 332. The number of para-hydroxylation sites is 1. The van der Waals surface area contributed by atoms with Crippen molar-refractivity contribution >= 4 is 0 Å². The molecule has 0 amide bonds. The number of hydrazine groups is 1. The second-order valence-corrected chi connectivity index (χ2v) is 3.91. The van der Waals surface area contributed by atoms with Crippen molar-refractivity contribution < 1.29 is 4.74 Å². The smallest absolute Gasteiger partial charge is 0.119 e. The number of rotatable bonds is 8. The highest BCUT2D eigenvalue weighted by atomic mass is 16.5. The zero-order valence-electron chi connectivity index (χ0n) is 10.1. The lowest BCUT2D eigenvalue weighted by atomic mass is 10.1. The number of terminal acetylenes is 1. The van der Waals surface area contributed by atoms with E-state index >= 15 is 0 Å². The SMILES string of the molecule is C#CCCCC(CCOc1ccccc1)NN. The van der Waals surface area contributed by atoms with E-state index in [1.165, 1.54) is 0 Å². The van der Waals surface area contributed by atoms with Crippen molar-refractivity contribution in [3.8, 4) is 18.1 Å². The van der Waals surface area contributed by atoms with Crippen LogP contribution in [0.25, 0.3) is 0 Å². The minimum absolute atomic E-state index is 0.270. The van der Waals surface area contributed by atoms with Crippen LogP contribution in [0.2, 0.25) is 0 Å². The number of nitrogens with two attached hydrogens (primary N) is 1. The molecule has 0 spiro atoms. The van der Waals surface area contributed by atoms with Crippen LogP contribution in [0, 0.1) is 12.3 Å². The van der Waals surface area contributed by atoms with Crippen molar-refractivity contribution in [3.05, 3.63) is 30.3 Å². The second kappa shape index (κ2) is 8.63. The van der Waals surface area contributed by atoms with Gasteiger partial charge < -0.3 is 4.74 Å². The number of ether oxygens (including phenoxy) is 1. The molecule has 0 saturated carbocycles. The molecule has 1 rings (SSSR count). The number of benzene rings is 1. The molecular formula is C14H20N2O. The Kier molecular flexibility index (Phi) is 6.89. The van der Waals surface area contributed by atoms with Gasteiger partial charge in [-0.25, -0.2) is 0 Å². The summed E-state index contributed by atoms with van der Waals surface area (Å²) >= 11 is 0. The molecule has 3 nitrogen and oxygen atoms in total. The van der Waals surface area contributed by atoms with E-state index in [0.717, 1.165) is 31.4 Å². The van der Waals surface area contributed by atoms with Crippen LogP contribution in [0.5, 0.6) is 5.75 Å². The zero-order chi connectivity index (χ0) is 12.3. The van der Waals surface area contributed by atoms with Gasteiger partial charge in [0.2, 0.25) is 0 Å². The molecule has 1 unspecified atom stereocenters. The Labute approximate surface area is 103 Å². The summed E-state index contributed by atoms with van der Waals surface area (Å²) in [5.41, 5.74) is 2.80. The van der Waals surface area contributed by atoms with Crippen LogP contribution in [0.3, 0.4) is 0 Å². The van der Waals surface area contributed by atoms with Crippen LogP contribution in [-0.4, -0.2) is 12.6 Å². The first-order chi connectivity index (χ1) is 8.36. The van der Waals surface area contributed by atoms with E-state index in [1.807, 2.05) is 30.3 Å². The molecular weight excluding hydrogens is 212 g/mol. The van der Waals surface area contributed by atoms with Crippen molar-refractivity contribution in [1.29, 1.82) is 0 Å². The third-order valence-electron chi connectivity index (χ3n) is 2.59. The molecule has 17 heavy (non-hydrogen) atoms. The van der Waals surface area contributed by atoms with Crippen LogP contribution in [0.1, 0.15) is 25.7 Å². The van der Waals surface area contributed by atoms with E-state index in [9.17, 15) is 0 Å². The van der Waals surface area contributed by atoms with E-state index in [0.29, 0.717) is 6.61 Å². The minimum atomic E-state index is 0.270. The van der Waals surface area contributed by atoms with Crippen LogP contribution in [0.15, 0.2) is 30.3 Å². The second-order valence-electron chi connectivity index (χ2n) is 3.91. The summed E-state index contributed by atoms with van der Waals surface area (Å²) < 4.78 is 5.61. The highest BCUT2D eigenvalue weighted by Crippen LogP contribution is 2.10. The molecule has 0 heterocycles. The predicted octanol–water partition coefficient (Wildman–Crippen LogP) is 2.09. The highest BCUT2D eigenvalue weighted by Gasteiger charge is 2.05. The number of hydrogen-bond acceptors (Lipinski definition) is 3. The van der Waals surface area contributed by atoms with E-state index < -0.39 is 0 Å². The normalized spacial score (nSPS) is 11.8. The highest BCUT2D eigenvalue weighted by molar-refractivity contribution is 5.20. The maximum Gasteiger partial charge on any atom is 0.119 e. The molecule has 1 aromatic carbocycles. The standard InChI is InChI=1S/C14H20N2O/c1-2-3-5-8-13(16-15)11-12-17-14-9-6-4-7-10-14/h1,4,6-7,9-10,13,16H,3,5,8,11-12,15H2. The predicted molar refractivity (Wildman–Crippen MR) is 70.3 cm³/mol. The van der Waals surface area contributed by atoms with Gasteiger partial charge in [-0.05, 0) is 31.4 Å². The van der Waals surface area contributed by atoms with Gasteiger partial charge in [0.15, 0.2) is 0 Å². The van der Waals surface area contributed by atoms with E-state index in [4.69, 9.17) is 17.0 Å². The Morgan fingerprint density at radius 2 is 2.06 bits per heavy atom. The van der Waals surface area contributed by atoms with Gasteiger partial charge in [0.1, 0.15) is 5.75 Å². The van der Waals surface area contributed by atoms with Crippen molar-refractivity contribution in [2.45, 2.75) is 31.7 Å². The molecule has 0 bridgehead atoms. The summed E-state index contributed by atoms with van der Waals surface area (Å²) in [7, 11) is 0. The summed E-state index contributed by atoms with van der Waals surface area (Å²) in [6.07, 6.45) is 8.88. The van der Waals surface area contributed by atoms with Gasteiger partial charge in [-0.15, -0.1) is 12.3 Å². The first kappa shape index (κ1) is 13.6. The average molecular weight is 232 g/mol. The van der Waals surface area contributed by atoms with Gasteiger partial charge in [0, 0.05) is 12.5 Å². The zero-order valence-corrected chi connectivity index (χ0v) is 10.1. The molecule has 0 aliphatic rings. The summed E-state index contributed by atoms with van der Waals surface area (Å²) in [5, 5.41) is 0. The average Bonchev–Trinajstić information content (AvgIpc) is 2.38. The molecule has 1 atom stereocenters. The number of nitrogens with one attached hydrogen (secondary N) is 1. The fourth-order valence-corrected chi connectivity index (χ4v) is 1.60. The molecule has 0 saturated heterocycles. The van der Waals surface area contributed by atoms with Crippen molar-refractivity contribution in [2.75, 3.05) is 6.61 Å². The largest absolute Gasteiger partial charge is 0.494 e. The van der Waals surface area contributed by atoms with Gasteiger partial charge >= 0.3 is 0 Å². The molecule has 0 aliphatic carbocycles. The molecule has 0 aromatic heterocycles. The molecule has 92 valence electrons. The van der Waals surface area contributed by atoms with E-state index in [-0.39, 0.29) is 6.04 Å². The lowest BCUT2D eigenvalue weighted by Gasteiger charge is -2.15. The van der Waals surface area contributed by atoms with Crippen LogP contribution >= 0.6 is 0 Å². The Morgan fingerprint density at radius 1 is 1.29 bits per heavy atom. The van der Waals surface area contributed by atoms with E-state index in [1.54, 1.807) is 0 Å². The van der Waals surface area contributed by atoms with Crippen LogP contribution in [0.4, 0.5) is 0 Å². The third-order valence-corrected chi connectivity index (χ3v) is 2.59. The Morgan fingerprint density at radius 3 is 2.71 bits per heavy atom. The number of unbranched alkanes of at least 4 members (excludes halogenated alkanes) is 1. The van der Waals surface area contributed by atoms with Gasteiger partial charge in [-0.2, -0.15) is 0 Å². The minimum Gasteiger partial charge on any atom is -0.494 e. The Balaban J connectivity index is 2.17. The summed E-state index contributed by atoms with van der Waals surface area (Å²) in [6.45, 7) is 0.662. The maximum atomic E-state index is 5.61. The summed E-state index contributed by atoms with van der Waals surface area (Å²) in [4.78, 5) is 0. The van der Waals surface area contributed by atoms with Crippen LogP contribution in [-0.2, 0) is 0 Å². The lowest BCUT2D eigenvalue weighted by Crippen LogP contribution is -2.36. The maximum absolute atomic E-state index is 5.61. The number of hydrogen-bond donors (Lipinski definition) is 2. The fraction of sp³-hybridized carbons (Fsp3) is 0.429. The topological polar surface area (TPSA) is 47.3 Å². The first-order valence-electron chi connectivity index (χ1n) is 5.94. The lowest BCUT2D eigenvalue weighted by molar-refractivity contribution is 0.280. The third kappa shape index (κ3) is 5.96. The first-order valence-corrected chi connectivity index (χ1v) is 5.94. The molecule has 3 N–H and O–H groups in total. The monoisotopic (exact) mass is 232 g/mol. The van der Waals surface area contributed by atoms with Crippen LogP contribution < -0.4 is 16.0 Å². The van der Waals surface area contributed by atoms with Crippen molar-refractivity contribution in [3.63, 3.8) is 0 Å². The Hall–Kier alpha value is -1.50. The molecule has 3 heteroatoms. The van der Waals surface area contributed by atoms with Gasteiger partial charge in [0.25, 0.3) is 0 Å². The summed E-state index contributed by atoms with van der Waals surface area (Å²) in [5.74, 6) is 9.00. The fourth-order valence-electron chi connectivity index (χ4n) is 1.60.